The number of esters is 1. The summed E-state index contributed by atoms with van der Waals surface area (Å²) >= 11 is 11.1. The Hall–Kier alpha value is -1.72. The highest BCUT2D eigenvalue weighted by molar-refractivity contribution is 7.79. The van der Waals surface area contributed by atoms with E-state index in [4.69, 9.17) is 28.6 Å². The minimum absolute atomic E-state index is 0.155. The summed E-state index contributed by atoms with van der Waals surface area (Å²) in [6.07, 6.45) is 0. The Labute approximate surface area is 127 Å². The van der Waals surface area contributed by atoms with Crippen LogP contribution in [0.1, 0.15) is 28.5 Å². The van der Waals surface area contributed by atoms with Crippen LogP contribution in [0.5, 0.6) is 0 Å². The van der Waals surface area contributed by atoms with E-state index in [2.05, 4.69) is 5.10 Å². The van der Waals surface area contributed by atoms with Gasteiger partial charge in [0.05, 0.1) is 18.7 Å². The summed E-state index contributed by atoms with van der Waals surface area (Å²) in [5, 5.41) is 5.90. The van der Waals surface area contributed by atoms with Crippen LogP contribution in [-0.2, 0) is 11.3 Å². The summed E-state index contributed by atoms with van der Waals surface area (Å²) in [7, 11) is 0. The van der Waals surface area contributed by atoms with Gasteiger partial charge in [0.15, 0.2) is 5.69 Å². The number of hydrogen-bond donors (Lipinski definition) is 0. The molecule has 0 N–H and O–H groups in total. The number of benzene rings is 1. The number of aromatic nitrogens is 2. The van der Waals surface area contributed by atoms with Gasteiger partial charge in [-0.3, -0.25) is 0 Å². The minimum atomic E-state index is -0.516. The topological polar surface area (TPSA) is 44.1 Å². The molecule has 0 aliphatic heterocycles. The molecule has 0 fully saturated rings. The summed E-state index contributed by atoms with van der Waals surface area (Å²) in [6.45, 7) is 2.48. The fraction of sp³-hybridized carbons (Fsp3) is 0.214. The Kier molecular flexibility index (Phi) is 4.87. The maximum Gasteiger partial charge on any atom is 0.359 e. The first-order valence-corrected chi connectivity index (χ1v) is 6.94. The summed E-state index contributed by atoms with van der Waals surface area (Å²) in [5.41, 5.74) is 1.61. The lowest BCUT2D eigenvalue weighted by atomic mass is 10.2. The number of carbonyl (C=O) groups is 1. The van der Waals surface area contributed by atoms with Crippen LogP contribution in [0, 0.1) is 0 Å². The summed E-state index contributed by atoms with van der Waals surface area (Å²) in [5.74, 6) is -0.516. The molecule has 104 valence electrons. The number of nitrogens with zero attached hydrogens (tertiary/aromatic N) is 2. The van der Waals surface area contributed by atoms with Crippen molar-refractivity contribution >= 4 is 35.2 Å². The third kappa shape index (κ3) is 3.05. The van der Waals surface area contributed by atoms with Gasteiger partial charge < -0.3 is 4.74 Å². The van der Waals surface area contributed by atoms with Gasteiger partial charge in [0.25, 0.3) is 0 Å². The molecule has 0 unspecified atom stereocenters. The lowest BCUT2D eigenvalue weighted by Gasteiger charge is -2.02. The third-order valence-electron chi connectivity index (χ3n) is 2.69. The van der Waals surface area contributed by atoms with Crippen molar-refractivity contribution in [2.45, 2.75) is 13.5 Å². The van der Waals surface area contributed by atoms with Crippen molar-refractivity contribution in [3.8, 4) is 0 Å². The standard InChI is InChI=1S/C14H13ClN2O2S/c1-2-19-14(18)12-11(9-20)13(15)17(16-12)8-10-6-4-3-5-7-10/h3-7,9H,2,8H2,1H3. The maximum atomic E-state index is 11.8. The fourth-order valence-electron chi connectivity index (χ4n) is 1.77. The molecule has 1 aromatic carbocycles. The predicted molar refractivity (Wildman–Crippen MR) is 81.5 cm³/mol. The number of carbonyl (C=O) groups excluding carboxylic acids is 1. The van der Waals surface area contributed by atoms with Crippen molar-refractivity contribution in [3.63, 3.8) is 0 Å². The largest absolute Gasteiger partial charge is 0.461 e. The quantitative estimate of drug-likeness (QED) is 0.629. The Morgan fingerprint density at radius 2 is 2.15 bits per heavy atom. The molecule has 1 aromatic heterocycles. The number of halogens is 1. The van der Waals surface area contributed by atoms with E-state index in [1.165, 1.54) is 5.37 Å². The van der Waals surface area contributed by atoms with Gasteiger partial charge in [0.1, 0.15) is 5.15 Å². The highest BCUT2D eigenvalue weighted by Gasteiger charge is 2.21. The Morgan fingerprint density at radius 1 is 1.45 bits per heavy atom. The van der Waals surface area contributed by atoms with Crippen molar-refractivity contribution in [1.29, 1.82) is 0 Å². The SMILES string of the molecule is CCOC(=O)c1nn(Cc2ccccc2)c(Cl)c1C=S. The van der Waals surface area contributed by atoms with Gasteiger partial charge in [0, 0.05) is 5.37 Å². The van der Waals surface area contributed by atoms with E-state index in [9.17, 15) is 4.79 Å². The van der Waals surface area contributed by atoms with E-state index in [1.54, 1.807) is 11.6 Å². The zero-order valence-corrected chi connectivity index (χ0v) is 12.4. The van der Waals surface area contributed by atoms with Gasteiger partial charge in [-0.1, -0.05) is 54.2 Å². The average Bonchev–Trinajstić information content (AvgIpc) is 2.77. The summed E-state index contributed by atoms with van der Waals surface area (Å²) < 4.78 is 6.49. The summed E-state index contributed by atoms with van der Waals surface area (Å²) in [6, 6.07) is 9.71. The molecule has 0 radical (unpaired) electrons. The molecule has 0 atom stereocenters. The van der Waals surface area contributed by atoms with E-state index < -0.39 is 5.97 Å². The van der Waals surface area contributed by atoms with Crippen molar-refractivity contribution in [3.05, 3.63) is 52.3 Å². The highest BCUT2D eigenvalue weighted by Crippen LogP contribution is 2.20. The molecule has 6 heteroatoms. The zero-order valence-electron chi connectivity index (χ0n) is 10.9. The molecule has 1 heterocycles. The molecule has 20 heavy (non-hydrogen) atoms. The molecule has 0 aliphatic rings. The van der Waals surface area contributed by atoms with Gasteiger partial charge in [-0.05, 0) is 12.5 Å². The fourth-order valence-corrected chi connectivity index (χ4v) is 2.30. The molecule has 0 spiro atoms. The summed E-state index contributed by atoms with van der Waals surface area (Å²) in [4.78, 5) is 11.8. The molecule has 4 nitrogen and oxygen atoms in total. The monoisotopic (exact) mass is 308 g/mol. The molecule has 2 aromatic rings. The smallest absolute Gasteiger partial charge is 0.359 e. The van der Waals surface area contributed by atoms with Crippen LogP contribution in [-0.4, -0.2) is 27.7 Å². The van der Waals surface area contributed by atoms with Crippen molar-refractivity contribution in [1.82, 2.24) is 9.78 Å². The highest BCUT2D eigenvalue weighted by atomic mass is 35.5. The molecule has 0 saturated carbocycles. The van der Waals surface area contributed by atoms with Crippen LogP contribution in [0.25, 0.3) is 0 Å². The Balaban J connectivity index is 2.35. The predicted octanol–water partition coefficient (Wildman–Crippen LogP) is 3.11. The van der Waals surface area contributed by atoms with Crippen LogP contribution < -0.4 is 0 Å². The molecular formula is C14H13ClN2O2S. The second-order valence-electron chi connectivity index (χ2n) is 4.03. The van der Waals surface area contributed by atoms with Crippen molar-refractivity contribution < 1.29 is 9.53 Å². The average molecular weight is 309 g/mol. The Bertz CT molecular complexity index is 626. The first-order valence-electron chi connectivity index (χ1n) is 6.10. The van der Waals surface area contributed by atoms with Gasteiger partial charge in [-0.15, -0.1) is 0 Å². The van der Waals surface area contributed by atoms with Gasteiger partial charge in [-0.2, -0.15) is 5.10 Å². The minimum Gasteiger partial charge on any atom is -0.461 e. The molecule has 0 saturated heterocycles. The first-order chi connectivity index (χ1) is 9.67. The number of thiocarbonyl (C=S) groups is 1. The maximum absolute atomic E-state index is 11.8. The number of rotatable bonds is 5. The van der Waals surface area contributed by atoms with Crippen LogP contribution in [0.4, 0.5) is 0 Å². The van der Waals surface area contributed by atoms with Crippen molar-refractivity contribution in [2.24, 2.45) is 0 Å². The van der Waals surface area contributed by atoms with Gasteiger partial charge >= 0.3 is 5.97 Å². The van der Waals surface area contributed by atoms with Crippen LogP contribution in [0.3, 0.4) is 0 Å². The van der Waals surface area contributed by atoms with Gasteiger partial charge in [0.2, 0.25) is 0 Å². The normalized spacial score (nSPS) is 10.3. The lowest BCUT2D eigenvalue weighted by molar-refractivity contribution is 0.0518. The van der Waals surface area contributed by atoms with Gasteiger partial charge in [-0.25, -0.2) is 9.48 Å². The van der Waals surface area contributed by atoms with Crippen LogP contribution in [0.2, 0.25) is 5.15 Å². The van der Waals surface area contributed by atoms with Crippen LogP contribution in [0.15, 0.2) is 30.3 Å². The van der Waals surface area contributed by atoms with E-state index in [0.29, 0.717) is 17.3 Å². The zero-order chi connectivity index (χ0) is 14.5. The lowest BCUT2D eigenvalue weighted by Crippen LogP contribution is -2.09. The second kappa shape index (κ2) is 6.63. The second-order valence-corrected chi connectivity index (χ2v) is 4.63. The van der Waals surface area contributed by atoms with Crippen molar-refractivity contribution in [2.75, 3.05) is 6.61 Å². The molecule has 0 bridgehead atoms. The molecule has 0 amide bonds. The molecule has 0 aliphatic carbocycles. The number of hydrogen-bond acceptors (Lipinski definition) is 4. The molecule has 2 rings (SSSR count). The van der Waals surface area contributed by atoms with E-state index >= 15 is 0 Å². The van der Waals surface area contributed by atoms with E-state index in [0.717, 1.165) is 5.56 Å². The molecular weight excluding hydrogens is 296 g/mol. The first kappa shape index (κ1) is 14.7. The Morgan fingerprint density at radius 3 is 2.75 bits per heavy atom. The van der Waals surface area contributed by atoms with E-state index in [1.807, 2.05) is 30.3 Å². The van der Waals surface area contributed by atoms with E-state index in [-0.39, 0.29) is 12.3 Å². The third-order valence-corrected chi connectivity index (χ3v) is 3.32. The number of ether oxygens (including phenoxy) is 1. The van der Waals surface area contributed by atoms with Crippen LogP contribution >= 0.6 is 23.8 Å².